The largest absolute Gasteiger partial charge is 0.383 e. The fraction of sp³-hybridized carbons (Fsp3) is 0.500. The Labute approximate surface area is 127 Å². The van der Waals surface area contributed by atoms with Crippen LogP contribution in [0.3, 0.4) is 0 Å². The maximum absolute atomic E-state index is 14.3. The third-order valence-corrected chi connectivity index (χ3v) is 5.06. The Morgan fingerprint density at radius 3 is 2.65 bits per heavy atom. The van der Waals surface area contributed by atoms with Gasteiger partial charge in [-0.1, -0.05) is 15.9 Å². The van der Waals surface area contributed by atoms with Crippen LogP contribution in [0, 0.1) is 5.82 Å². The van der Waals surface area contributed by atoms with E-state index in [-0.39, 0.29) is 24.6 Å². The second-order valence-electron chi connectivity index (χ2n) is 4.23. The van der Waals surface area contributed by atoms with Gasteiger partial charge >= 0.3 is 0 Å². The molecule has 8 heteroatoms. The number of hydrogen-bond acceptors (Lipinski definition) is 4. The van der Waals surface area contributed by atoms with Gasteiger partial charge in [0.2, 0.25) is 10.0 Å². The van der Waals surface area contributed by atoms with Crippen LogP contribution in [0.15, 0.2) is 21.5 Å². The van der Waals surface area contributed by atoms with Crippen LogP contribution in [0.4, 0.5) is 4.39 Å². The van der Waals surface area contributed by atoms with Crippen LogP contribution in [-0.2, 0) is 21.3 Å². The number of benzene rings is 1. The summed E-state index contributed by atoms with van der Waals surface area (Å²) in [6.07, 6.45) is 0. The minimum Gasteiger partial charge on any atom is -0.383 e. The highest BCUT2D eigenvalue weighted by Gasteiger charge is 2.26. The van der Waals surface area contributed by atoms with Gasteiger partial charge in [0.05, 0.1) is 6.61 Å². The fourth-order valence-electron chi connectivity index (χ4n) is 1.63. The Kier molecular flexibility index (Phi) is 6.53. The molecule has 0 aliphatic rings. The maximum Gasteiger partial charge on any atom is 0.245 e. The Morgan fingerprint density at radius 1 is 1.45 bits per heavy atom. The summed E-state index contributed by atoms with van der Waals surface area (Å²) in [6, 6.07) is 2.83. The lowest BCUT2D eigenvalue weighted by molar-refractivity contribution is 0.185. The zero-order valence-corrected chi connectivity index (χ0v) is 14.0. The molecule has 114 valence electrons. The molecule has 0 aliphatic heterocycles. The highest BCUT2D eigenvalue weighted by Crippen LogP contribution is 2.26. The summed E-state index contributed by atoms with van der Waals surface area (Å²) >= 11 is 3.21. The molecule has 5 nitrogen and oxygen atoms in total. The number of nitrogens with zero attached hydrogens (tertiary/aromatic N) is 1. The van der Waals surface area contributed by atoms with Crippen molar-refractivity contribution in [3.63, 3.8) is 0 Å². The molecule has 0 unspecified atom stereocenters. The first-order valence-corrected chi connectivity index (χ1v) is 8.15. The Morgan fingerprint density at radius 2 is 2.10 bits per heavy atom. The number of likely N-dealkylation sites (N-methyl/N-ethyl adjacent to an activating group) is 1. The summed E-state index contributed by atoms with van der Waals surface area (Å²) in [5.41, 5.74) is 0.292. The molecule has 0 aliphatic carbocycles. The van der Waals surface area contributed by atoms with Gasteiger partial charge in [-0.25, -0.2) is 12.8 Å². The van der Waals surface area contributed by atoms with Gasteiger partial charge in [-0.3, -0.25) is 0 Å². The first-order valence-electron chi connectivity index (χ1n) is 5.92. The van der Waals surface area contributed by atoms with E-state index in [2.05, 4.69) is 21.2 Å². The van der Waals surface area contributed by atoms with Crippen molar-refractivity contribution in [2.24, 2.45) is 0 Å². The molecule has 1 N–H and O–H groups in total. The molecule has 0 radical (unpaired) electrons. The first kappa shape index (κ1) is 17.5. The molecule has 20 heavy (non-hydrogen) atoms. The summed E-state index contributed by atoms with van der Waals surface area (Å²) in [5, 5.41) is 2.80. The van der Waals surface area contributed by atoms with E-state index in [4.69, 9.17) is 4.74 Å². The van der Waals surface area contributed by atoms with Crippen LogP contribution in [0.1, 0.15) is 5.56 Å². The van der Waals surface area contributed by atoms with E-state index in [0.29, 0.717) is 10.0 Å². The van der Waals surface area contributed by atoms with Crippen molar-refractivity contribution in [3.05, 3.63) is 28.0 Å². The van der Waals surface area contributed by atoms with Crippen LogP contribution in [0.2, 0.25) is 0 Å². The van der Waals surface area contributed by atoms with Crippen molar-refractivity contribution in [3.8, 4) is 0 Å². The summed E-state index contributed by atoms with van der Waals surface area (Å²) < 4.78 is 45.5. The number of halogens is 2. The quantitative estimate of drug-likeness (QED) is 0.793. The Bertz CT molecular complexity index is 566. The highest BCUT2D eigenvalue weighted by molar-refractivity contribution is 9.10. The normalized spacial score (nSPS) is 12.1. The Balaban J connectivity index is 3.24. The molecular weight excluding hydrogens is 351 g/mol. The minimum atomic E-state index is -3.88. The summed E-state index contributed by atoms with van der Waals surface area (Å²) in [7, 11) is 0.654. The van der Waals surface area contributed by atoms with Crippen LogP contribution in [-0.4, -0.2) is 47.1 Å². The van der Waals surface area contributed by atoms with E-state index < -0.39 is 15.8 Å². The molecule has 1 aromatic rings. The molecule has 0 heterocycles. The van der Waals surface area contributed by atoms with Crippen molar-refractivity contribution in [2.45, 2.75) is 11.4 Å². The minimum absolute atomic E-state index is 0.159. The van der Waals surface area contributed by atoms with Gasteiger partial charge in [0.15, 0.2) is 0 Å². The van der Waals surface area contributed by atoms with E-state index in [1.807, 2.05) is 0 Å². The molecule has 0 amide bonds. The van der Waals surface area contributed by atoms with E-state index in [0.717, 1.165) is 4.31 Å². The van der Waals surface area contributed by atoms with Gasteiger partial charge in [0.25, 0.3) is 0 Å². The third kappa shape index (κ3) is 3.98. The third-order valence-electron chi connectivity index (χ3n) is 2.75. The molecule has 0 saturated carbocycles. The molecule has 0 fully saturated rings. The molecule has 0 aromatic heterocycles. The van der Waals surface area contributed by atoms with Crippen LogP contribution < -0.4 is 5.32 Å². The number of sulfonamides is 1. The van der Waals surface area contributed by atoms with E-state index >= 15 is 0 Å². The van der Waals surface area contributed by atoms with Gasteiger partial charge in [-0.15, -0.1) is 0 Å². The van der Waals surface area contributed by atoms with Crippen molar-refractivity contribution in [1.82, 2.24) is 9.62 Å². The average Bonchev–Trinajstić information content (AvgIpc) is 2.39. The lowest BCUT2D eigenvalue weighted by Crippen LogP contribution is -2.31. The molecule has 0 spiro atoms. The maximum atomic E-state index is 14.3. The topological polar surface area (TPSA) is 58.6 Å². The van der Waals surface area contributed by atoms with E-state index in [1.165, 1.54) is 20.2 Å². The van der Waals surface area contributed by atoms with Crippen molar-refractivity contribution in [1.29, 1.82) is 0 Å². The van der Waals surface area contributed by atoms with E-state index in [1.54, 1.807) is 13.1 Å². The average molecular weight is 369 g/mol. The lowest BCUT2D eigenvalue weighted by atomic mass is 10.2. The summed E-state index contributed by atoms with van der Waals surface area (Å²) in [5.74, 6) is -0.730. The van der Waals surface area contributed by atoms with Crippen LogP contribution in [0.5, 0.6) is 0 Å². The number of nitrogens with one attached hydrogen (secondary N) is 1. The molecule has 0 bridgehead atoms. The molecule has 1 rings (SSSR count). The van der Waals surface area contributed by atoms with Gasteiger partial charge in [-0.2, -0.15) is 4.31 Å². The van der Waals surface area contributed by atoms with Crippen molar-refractivity contribution < 1.29 is 17.5 Å². The van der Waals surface area contributed by atoms with Crippen LogP contribution >= 0.6 is 15.9 Å². The van der Waals surface area contributed by atoms with Gasteiger partial charge < -0.3 is 10.1 Å². The zero-order valence-electron chi connectivity index (χ0n) is 11.6. The molecular formula is C12H18BrFN2O3S. The summed E-state index contributed by atoms with van der Waals surface area (Å²) in [6.45, 7) is 0.649. The van der Waals surface area contributed by atoms with Crippen LogP contribution in [0.25, 0.3) is 0 Å². The first-order chi connectivity index (χ1) is 9.34. The number of rotatable bonds is 7. The van der Waals surface area contributed by atoms with Crippen molar-refractivity contribution in [2.75, 3.05) is 34.4 Å². The predicted octanol–water partition coefficient (Wildman–Crippen LogP) is 1.57. The molecule has 1 aromatic carbocycles. The second-order valence-corrected chi connectivity index (χ2v) is 7.16. The van der Waals surface area contributed by atoms with Gasteiger partial charge in [0.1, 0.15) is 10.7 Å². The van der Waals surface area contributed by atoms with E-state index in [9.17, 15) is 12.8 Å². The zero-order chi connectivity index (χ0) is 15.3. The number of ether oxygens (including phenoxy) is 1. The number of hydrogen-bond donors (Lipinski definition) is 1. The Hall–Kier alpha value is -0.540. The fourth-order valence-corrected chi connectivity index (χ4v) is 3.57. The SMILES string of the molecule is CNCc1cc(Br)cc(S(=O)(=O)N(C)CCOC)c1F. The predicted molar refractivity (Wildman–Crippen MR) is 78.6 cm³/mol. The second kappa shape index (κ2) is 7.46. The standard InChI is InChI=1S/C12H18BrFN2O3S/c1-15-8-9-6-10(13)7-11(12(9)14)20(17,18)16(2)4-5-19-3/h6-7,15H,4-5,8H2,1-3H3. The lowest BCUT2D eigenvalue weighted by Gasteiger charge is -2.18. The monoisotopic (exact) mass is 368 g/mol. The molecule has 0 atom stereocenters. The van der Waals surface area contributed by atoms with Gasteiger partial charge in [0, 0.05) is 37.3 Å². The highest BCUT2D eigenvalue weighted by atomic mass is 79.9. The molecule has 0 saturated heterocycles. The smallest absolute Gasteiger partial charge is 0.245 e. The van der Waals surface area contributed by atoms with Crippen molar-refractivity contribution >= 4 is 26.0 Å². The summed E-state index contributed by atoms with van der Waals surface area (Å²) in [4.78, 5) is -0.337. The van der Waals surface area contributed by atoms with Gasteiger partial charge in [-0.05, 0) is 19.2 Å². The number of methoxy groups -OCH3 is 1.